The molecule has 0 aromatic carbocycles. The van der Waals surface area contributed by atoms with Crippen LogP contribution in [0.15, 0.2) is 24.3 Å². The molecule has 0 aliphatic rings. The lowest BCUT2D eigenvalue weighted by atomic mass is 10.3. The maximum atomic E-state index is 11.7. The lowest BCUT2D eigenvalue weighted by Gasteiger charge is -2.18. The number of carbonyl (C=O) groups excluding carboxylic acids is 2. The number of ether oxygens (including phenoxy) is 2. The third kappa shape index (κ3) is 11.1. The van der Waals surface area contributed by atoms with Crippen LogP contribution < -0.4 is 6.15 Å². The molecule has 0 aliphatic carbocycles. The second-order valence-corrected chi connectivity index (χ2v) is 6.51. The maximum absolute atomic E-state index is 11.7. The average molecular weight is 367 g/mol. The van der Waals surface area contributed by atoms with Gasteiger partial charge in [0, 0.05) is 11.1 Å². The van der Waals surface area contributed by atoms with E-state index in [9.17, 15) is 19.0 Å². The van der Waals surface area contributed by atoms with Crippen molar-refractivity contribution in [3.8, 4) is 0 Å². The molecule has 0 aromatic heterocycles. The van der Waals surface area contributed by atoms with Crippen LogP contribution in [0.25, 0.3) is 0 Å². The summed E-state index contributed by atoms with van der Waals surface area (Å²) in [5.41, 5.74) is 0.405. The zero-order valence-corrected chi connectivity index (χ0v) is 15.3. The molecule has 0 spiro atoms. The van der Waals surface area contributed by atoms with Gasteiger partial charge in [0.15, 0.2) is 0 Å². The second kappa shape index (κ2) is 11.1. The highest BCUT2D eigenvalue weighted by molar-refractivity contribution is 7.47. The Morgan fingerprint density at radius 1 is 0.958 bits per heavy atom. The van der Waals surface area contributed by atoms with E-state index < -0.39 is 32.0 Å². The summed E-state index contributed by atoms with van der Waals surface area (Å²) in [6.07, 6.45) is -1.52. The van der Waals surface area contributed by atoms with E-state index in [2.05, 4.69) is 13.2 Å². The Morgan fingerprint density at radius 3 is 1.50 bits per heavy atom. The lowest BCUT2D eigenvalue weighted by molar-refractivity contribution is -0.145. The summed E-state index contributed by atoms with van der Waals surface area (Å²) < 4.78 is 30.8. The van der Waals surface area contributed by atoms with Gasteiger partial charge in [-0.1, -0.05) is 13.2 Å². The van der Waals surface area contributed by atoms with Gasteiger partial charge in [0.2, 0.25) is 0 Å². The fourth-order valence-electron chi connectivity index (χ4n) is 1.07. The summed E-state index contributed by atoms with van der Waals surface area (Å²) in [4.78, 5) is 32.0. The number of carbonyl (C=O) groups is 2. The summed E-state index contributed by atoms with van der Waals surface area (Å²) in [5.74, 6) is -1.26. The van der Waals surface area contributed by atoms with Gasteiger partial charge in [-0.15, -0.1) is 0 Å². The molecule has 0 heterocycles. The van der Waals surface area contributed by atoms with Crippen molar-refractivity contribution in [2.75, 3.05) is 13.2 Å². The number of phosphoric ester groups is 1. The van der Waals surface area contributed by atoms with Crippen molar-refractivity contribution in [1.29, 1.82) is 0 Å². The van der Waals surface area contributed by atoms with E-state index in [1.807, 2.05) is 0 Å². The van der Waals surface area contributed by atoms with Crippen molar-refractivity contribution in [1.82, 2.24) is 6.15 Å². The molecule has 0 saturated carbocycles. The van der Waals surface area contributed by atoms with Crippen molar-refractivity contribution in [2.45, 2.75) is 39.9 Å². The van der Waals surface area contributed by atoms with Crippen molar-refractivity contribution in [3.63, 3.8) is 0 Å². The van der Waals surface area contributed by atoms with Crippen LogP contribution in [0.5, 0.6) is 0 Å². The fourth-order valence-corrected chi connectivity index (χ4v) is 1.94. The van der Waals surface area contributed by atoms with E-state index >= 15 is 0 Å². The molecule has 4 N–H and O–H groups in total. The van der Waals surface area contributed by atoms with Crippen molar-refractivity contribution in [2.24, 2.45) is 0 Å². The van der Waals surface area contributed by atoms with E-state index in [1.165, 1.54) is 27.7 Å². The first-order chi connectivity index (χ1) is 10.4. The smallest absolute Gasteiger partial charge is 0.457 e. The second-order valence-electron chi connectivity index (χ2n) is 5.05. The minimum Gasteiger partial charge on any atom is -0.457 e. The molecule has 10 heteroatoms. The van der Waals surface area contributed by atoms with Crippen LogP contribution in [0.2, 0.25) is 0 Å². The van der Waals surface area contributed by atoms with Crippen LogP contribution >= 0.6 is 7.82 Å². The maximum Gasteiger partial charge on any atom is 0.472 e. The highest BCUT2D eigenvalue weighted by Crippen LogP contribution is 2.43. The van der Waals surface area contributed by atoms with Gasteiger partial charge in [0.25, 0.3) is 0 Å². The van der Waals surface area contributed by atoms with Crippen molar-refractivity contribution >= 4 is 19.8 Å². The molecular formula is C14H26NO8P. The number of rotatable bonds is 10. The van der Waals surface area contributed by atoms with E-state index in [1.54, 1.807) is 0 Å². The molecule has 2 unspecified atom stereocenters. The van der Waals surface area contributed by atoms with Crippen molar-refractivity contribution < 1.29 is 37.6 Å². The van der Waals surface area contributed by atoms with Crippen LogP contribution in [-0.4, -0.2) is 42.3 Å². The Labute approximate surface area is 141 Å². The van der Waals surface area contributed by atoms with Gasteiger partial charge < -0.3 is 20.5 Å². The summed E-state index contributed by atoms with van der Waals surface area (Å²) in [6, 6.07) is 0. The number of hydrogen-bond donors (Lipinski definition) is 2. The third-order valence-corrected chi connectivity index (χ3v) is 3.21. The monoisotopic (exact) mass is 367 g/mol. The molecule has 0 aromatic rings. The van der Waals surface area contributed by atoms with Crippen LogP contribution in [-0.2, 0) is 32.7 Å². The number of hydrogen-bond acceptors (Lipinski definition) is 8. The average Bonchev–Trinajstić information content (AvgIpc) is 2.43. The highest BCUT2D eigenvalue weighted by atomic mass is 31.2. The molecule has 0 amide bonds. The summed E-state index contributed by atoms with van der Waals surface area (Å²) >= 11 is 0. The normalized spacial score (nSPS) is 15.2. The minimum absolute atomic E-state index is 0. The van der Waals surface area contributed by atoms with Gasteiger partial charge in [-0.2, -0.15) is 0 Å². The van der Waals surface area contributed by atoms with Gasteiger partial charge in [-0.05, 0) is 27.7 Å². The molecule has 0 bridgehead atoms. The first-order valence-electron chi connectivity index (χ1n) is 6.79. The molecule has 24 heavy (non-hydrogen) atoms. The SMILES string of the molecule is C=C(C)C(=O)OC(C)COP(=O)(O)OCC(C)OC(=O)C(=C)C.N. The van der Waals surface area contributed by atoms with Crippen molar-refractivity contribution in [3.05, 3.63) is 24.3 Å². The van der Waals surface area contributed by atoms with Gasteiger partial charge in [-0.25, -0.2) is 14.2 Å². The predicted octanol–water partition coefficient (Wildman–Crippen LogP) is 2.30. The minimum atomic E-state index is -4.36. The zero-order valence-electron chi connectivity index (χ0n) is 14.4. The molecule has 0 radical (unpaired) electrons. The predicted molar refractivity (Wildman–Crippen MR) is 87.5 cm³/mol. The molecule has 0 saturated heterocycles. The Kier molecular flexibility index (Phi) is 11.5. The fraction of sp³-hybridized carbons (Fsp3) is 0.571. The quantitative estimate of drug-likeness (QED) is 0.337. The van der Waals surface area contributed by atoms with Gasteiger partial charge in [-0.3, -0.25) is 9.05 Å². The summed E-state index contributed by atoms with van der Waals surface area (Å²) in [5, 5.41) is 0. The van der Waals surface area contributed by atoms with E-state index in [0.29, 0.717) is 0 Å². The number of phosphoric acid groups is 1. The van der Waals surface area contributed by atoms with Crippen LogP contribution in [0.3, 0.4) is 0 Å². The Morgan fingerprint density at radius 2 is 1.25 bits per heavy atom. The lowest BCUT2D eigenvalue weighted by Crippen LogP contribution is -2.22. The first kappa shape index (κ1) is 24.7. The molecule has 140 valence electrons. The number of esters is 2. The zero-order chi connectivity index (χ0) is 18.2. The Hall–Kier alpha value is -1.51. The Balaban J connectivity index is 0. The molecule has 9 nitrogen and oxygen atoms in total. The van der Waals surface area contributed by atoms with Gasteiger partial charge in [0.1, 0.15) is 12.2 Å². The largest absolute Gasteiger partial charge is 0.472 e. The van der Waals surface area contributed by atoms with Gasteiger partial charge in [0.05, 0.1) is 13.2 Å². The van der Waals surface area contributed by atoms with Crippen LogP contribution in [0.4, 0.5) is 0 Å². The Bertz CT molecular complexity index is 477. The van der Waals surface area contributed by atoms with E-state index in [0.717, 1.165) is 0 Å². The molecule has 2 atom stereocenters. The highest BCUT2D eigenvalue weighted by Gasteiger charge is 2.25. The first-order valence-corrected chi connectivity index (χ1v) is 8.29. The standard InChI is InChI=1S/C14H23O8P.H3N/c1-9(2)13(15)21-11(5)7-19-23(17,18)20-8-12(6)22-14(16)10(3)4;/h11-12H,1,3,7-8H2,2,4-6H3,(H,17,18);1H3. The van der Waals surface area contributed by atoms with E-state index in [-0.39, 0.29) is 30.5 Å². The van der Waals surface area contributed by atoms with Gasteiger partial charge >= 0.3 is 19.8 Å². The van der Waals surface area contributed by atoms with Crippen LogP contribution in [0, 0.1) is 0 Å². The molecular weight excluding hydrogens is 341 g/mol. The molecule has 0 fully saturated rings. The summed E-state index contributed by atoms with van der Waals surface area (Å²) in [7, 11) is -4.36. The molecule has 0 aliphatic heterocycles. The third-order valence-electron chi connectivity index (χ3n) is 2.26. The summed E-state index contributed by atoms with van der Waals surface area (Å²) in [6.45, 7) is 12.1. The molecule has 0 rings (SSSR count). The van der Waals surface area contributed by atoms with E-state index in [4.69, 9.17) is 18.5 Å². The topological polar surface area (TPSA) is 143 Å². The van der Waals surface area contributed by atoms with Crippen LogP contribution in [0.1, 0.15) is 27.7 Å².